The SMILES string of the molecule is CC(C)CC(NC(=O)Oc1ccccc1)C(=O)NC1CCOC1O. The van der Waals surface area contributed by atoms with Gasteiger partial charge in [0, 0.05) is 0 Å². The predicted octanol–water partition coefficient (Wildman–Crippen LogP) is 1.41. The summed E-state index contributed by atoms with van der Waals surface area (Å²) in [5.74, 6) is 0.240. The van der Waals surface area contributed by atoms with E-state index in [9.17, 15) is 14.7 Å². The summed E-state index contributed by atoms with van der Waals surface area (Å²) < 4.78 is 10.2. The molecule has 1 fully saturated rings. The fraction of sp³-hybridized carbons (Fsp3) is 0.529. The standard InChI is InChI=1S/C17H24N2O5/c1-11(2)10-14(15(20)18-13-8-9-23-16(13)21)19-17(22)24-12-6-4-3-5-7-12/h3-7,11,13-14,16,21H,8-10H2,1-2H3,(H,18,20)(H,19,22). The maximum absolute atomic E-state index is 12.4. The van der Waals surface area contributed by atoms with Crippen molar-refractivity contribution >= 4 is 12.0 Å². The molecule has 7 heteroatoms. The topological polar surface area (TPSA) is 96.9 Å². The first-order valence-electron chi connectivity index (χ1n) is 8.09. The van der Waals surface area contributed by atoms with Gasteiger partial charge in [0.25, 0.3) is 0 Å². The zero-order valence-electron chi connectivity index (χ0n) is 13.9. The summed E-state index contributed by atoms with van der Waals surface area (Å²) in [5.41, 5.74) is 0. The lowest BCUT2D eigenvalue weighted by molar-refractivity contribution is -0.127. The number of aliphatic hydroxyl groups excluding tert-OH is 1. The monoisotopic (exact) mass is 336 g/mol. The Balaban J connectivity index is 1.93. The minimum Gasteiger partial charge on any atom is -0.410 e. The summed E-state index contributed by atoms with van der Waals surface area (Å²) in [6, 6.07) is 7.43. The average molecular weight is 336 g/mol. The largest absolute Gasteiger partial charge is 0.413 e. The van der Waals surface area contributed by atoms with Crippen molar-refractivity contribution in [3.05, 3.63) is 30.3 Å². The van der Waals surface area contributed by atoms with Crippen LogP contribution in [0, 0.1) is 5.92 Å². The summed E-state index contributed by atoms with van der Waals surface area (Å²) in [4.78, 5) is 24.4. The summed E-state index contributed by atoms with van der Waals surface area (Å²) >= 11 is 0. The molecule has 3 unspecified atom stereocenters. The quantitative estimate of drug-likeness (QED) is 0.730. The van der Waals surface area contributed by atoms with Crippen molar-refractivity contribution in [1.82, 2.24) is 10.6 Å². The van der Waals surface area contributed by atoms with E-state index in [1.807, 2.05) is 19.9 Å². The van der Waals surface area contributed by atoms with Gasteiger partial charge in [-0.3, -0.25) is 4.79 Å². The predicted molar refractivity (Wildman–Crippen MR) is 87.4 cm³/mol. The van der Waals surface area contributed by atoms with E-state index in [1.165, 1.54) is 0 Å². The van der Waals surface area contributed by atoms with Gasteiger partial charge in [0.2, 0.25) is 5.91 Å². The number of amides is 2. The van der Waals surface area contributed by atoms with Gasteiger partial charge in [-0.25, -0.2) is 4.79 Å². The maximum atomic E-state index is 12.4. The van der Waals surface area contributed by atoms with Gasteiger partial charge in [0.05, 0.1) is 12.6 Å². The highest BCUT2D eigenvalue weighted by atomic mass is 16.6. The fourth-order valence-corrected chi connectivity index (χ4v) is 2.47. The van der Waals surface area contributed by atoms with Crippen molar-refractivity contribution in [2.24, 2.45) is 5.92 Å². The van der Waals surface area contributed by atoms with E-state index in [4.69, 9.17) is 9.47 Å². The first-order valence-corrected chi connectivity index (χ1v) is 8.09. The number of carbonyl (C=O) groups excluding carboxylic acids is 2. The normalized spacial score (nSPS) is 21.3. The third kappa shape index (κ3) is 5.50. The molecule has 24 heavy (non-hydrogen) atoms. The summed E-state index contributed by atoms with van der Waals surface area (Å²) in [6.07, 6.45) is -0.704. The molecule has 3 atom stereocenters. The van der Waals surface area contributed by atoms with E-state index in [1.54, 1.807) is 24.3 Å². The van der Waals surface area contributed by atoms with Crippen molar-refractivity contribution in [1.29, 1.82) is 0 Å². The molecule has 7 nitrogen and oxygen atoms in total. The molecule has 0 aliphatic carbocycles. The Hall–Kier alpha value is -2.12. The molecule has 0 spiro atoms. The highest BCUT2D eigenvalue weighted by Gasteiger charge is 2.31. The van der Waals surface area contributed by atoms with Crippen LogP contribution in [-0.2, 0) is 9.53 Å². The van der Waals surface area contributed by atoms with Crippen molar-refractivity contribution < 1.29 is 24.2 Å². The molecule has 2 amide bonds. The van der Waals surface area contributed by atoms with Crippen LogP contribution in [0.4, 0.5) is 4.79 Å². The minimum absolute atomic E-state index is 0.197. The average Bonchev–Trinajstić information content (AvgIpc) is 2.92. The molecular formula is C17H24N2O5. The molecule has 1 aliphatic heterocycles. The fourth-order valence-electron chi connectivity index (χ4n) is 2.47. The molecule has 132 valence electrons. The molecule has 0 radical (unpaired) electrons. The second-order valence-electron chi connectivity index (χ2n) is 6.19. The number of benzene rings is 1. The maximum Gasteiger partial charge on any atom is 0.413 e. The van der Waals surface area contributed by atoms with Crippen LogP contribution in [0.1, 0.15) is 26.7 Å². The number of nitrogens with one attached hydrogen (secondary N) is 2. The number of rotatable bonds is 6. The number of ether oxygens (including phenoxy) is 2. The first kappa shape index (κ1) is 18.2. The minimum atomic E-state index is -1.01. The molecule has 1 saturated heterocycles. The lowest BCUT2D eigenvalue weighted by atomic mass is 10.0. The van der Waals surface area contributed by atoms with E-state index in [0.717, 1.165) is 0 Å². The van der Waals surface area contributed by atoms with Gasteiger partial charge in [0.1, 0.15) is 11.8 Å². The third-order valence-corrected chi connectivity index (χ3v) is 3.66. The van der Waals surface area contributed by atoms with Gasteiger partial charge in [0.15, 0.2) is 6.29 Å². The second-order valence-corrected chi connectivity index (χ2v) is 6.19. The Kier molecular flexibility index (Phi) is 6.57. The van der Waals surface area contributed by atoms with Gasteiger partial charge in [-0.2, -0.15) is 0 Å². The lowest BCUT2D eigenvalue weighted by Crippen LogP contribution is -2.52. The Labute approximate surface area is 141 Å². The molecule has 1 heterocycles. The molecular weight excluding hydrogens is 312 g/mol. The molecule has 2 rings (SSSR count). The molecule has 0 aromatic heterocycles. The van der Waals surface area contributed by atoms with Crippen molar-refractivity contribution in [3.8, 4) is 5.75 Å². The lowest BCUT2D eigenvalue weighted by Gasteiger charge is -2.23. The van der Waals surface area contributed by atoms with Gasteiger partial charge in [-0.15, -0.1) is 0 Å². The Morgan fingerprint density at radius 1 is 1.33 bits per heavy atom. The van der Waals surface area contributed by atoms with Crippen LogP contribution in [0.5, 0.6) is 5.75 Å². The van der Waals surface area contributed by atoms with Crippen molar-refractivity contribution in [2.75, 3.05) is 6.61 Å². The number of hydrogen-bond donors (Lipinski definition) is 3. The zero-order valence-corrected chi connectivity index (χ0v) is 13.9. The van der Waals surface area contributed by atoms with Crippen LogP contribution in [0.25, 0.3) is 0 Å². The van der Waals surface area contributed by atoms with Crippen LogP contribution in [0.15, 0.2) is 30.3 Å². The molecule has 0 bridgehead atoms. The van der Waals surface area contributed by atoms with E-state index in [2.05, 4.69) is 10.6 Å². The highest BCUT2D eigenvalue weighted by Crippen LogP contribution is 2.13. The van der Waals surface area contributed by atoms with Crippen LogP contribution < -0.4 is 15.4 Å². The third-order valence-electron chi connectivity index (χ3n) is 3.66. The Morgan fingerprint density at radius 2 is 2.04 bits per heavy atom. The summed E-state index contributed by atoms with van der Waals surface area (Å²) in [5, 5.41) is 14.9. The number of carbonyl (C=O) groups is 2. The van der Waals surface area contributed by atoms with E-state index >= 15 is 0 Å². The molecule has 1 aromatic rings. The molecule has 0 saturated carbocycles. The summed E-state index contributed by atoms with van der Waals surface area (Å²) in [6.45, 7) is 4.31. The Bertz CT molecular complexity index is 549. The van der Waals surface area contributed by atoms with Gasteiger partial charge in [-0.05, 0) is 30.9 Å². The van der Waals surface area contributed by atoms with E-state index in [-0.39, 0.29) is 11.8 Å². The van der Waals surface area contributed by atoms with Crippen LogP contribution in [0.2, 0.25) is 0 Å². The highest BCUT2D eigenvalue weighted by molar-refractivity contribution is 5.86. The molecule has 1 aromatic carbocycles. The van der Waals surface area contributed by atoms with Gasteiger partial charge in [-0.1, -0.05) is 32.0 Å². The van der Waals surface area contributed by atoms with Crippen LogP contribution >= 0.6 is 0 Å². The van der Waals surface area contributed by atoms with E-state index in [0.29, 0.717) is 25.2 Å². The molecule has 1 aliphatic rings. The van der Waals surface area contributed by atoms with E-state index < -0.39 is 24.5 Å². The smallest absolute Gasteiger partial charge is 0.410 e. The number of para-hydroxylation sites is 1. The zero-order chi connectivity index (χ0) is 17.5. The van der Waals surface area contributed by atoms with Crippen LogP contribution in [0.3, 0.4) is 0 Å². The number of hydrogen-bond acceptors (Lipinski definition) is 5. The summed E-state index contributed by atoms with van der Waals surface area (Å²) in [7, 11) is 0. The second kappa shape index (κ2) is 8.65. The van der Waals surface area contributed by atoms with Crippen molar-refractivity contribution in [2.45, 2.75) is 45.1 Å². The first-order chi connectivity index (χ1) is 11.5. The Morgan fingerprint density at radius 3 is 2.62 bits per heavy atom. The van der Waals surface area contributed by atoms with Crippen molar-refractivity contribution in [3.63, 3.8) is 0 Å². The molecule has 3 N–H and O–H groups in total. The van der Waals surface area contributed by atoms with Gasteiger partial charge >= 0.3 is 6.09 Å². The van der Waals surface area contributed by atoms with Gasteiger partial charge < -0.3 is 25.2 Å². The van der Waals surface area contributed by atoms with Crippen LogP contribution in [-0.4, -0.2) is 42.1 Å². The number of aliphatic hydroxyl groups is 1.